The Kier molecular flexibility index (Phi) is 5.90. The van der Waals surface area contributed by atoms with E-state index in [1.165, 1.54) is 5.69 Å². The molecule has 3 aromatic rings. The lowest BCUT2D eigenvalue weighted by Gasteiger charge is -2.37. The van der Waals surface area contributed by atoms with E-state index in [0.29, 0.717) is 16.5 Å². The second kappa shape index (κ2) is 8.99. The predicted octanol–water partition coefficient (Wildman–Crippen LogP) is 3.50. The fourth-order valence-corrected chi connectivity index (χ4v) is 4.95. The van der Waals surface area contributed by atoms with Crippen molar-refractivity contribution < 1.29 is 9.59 Å². The zero-order valence-electron chi connectivity index (χ0n) is 18.7. The number of nitrogens with one attached hydrogen (secondary N) is 1. The van der Waals surface area contributed by atoms with Gasteiger partial charge in [0.25, 0.3) is 11.1 Å². The Hall–Kier alpha value is -3.17. The molecule has 2 aliphatic rings. The number of hydrogen-bond donors (Lipinski definition) is 1. The summed E-state index contributed by atoms with van der Waals surface area (Å²) in [6.07, 6.45) is 3.45. The molecule has 9 heteroatoms. The predicted molar refractivity (Wildman–Crippen MR) is 131 cm³/mol. The first-order valence-electron chi connectivity index (χ1n) is 11.1. The van der Waals surface area contributed by atoms with Crippen molar-refractivity contribution in [2.75, 3.05) is 37.6 Å². The number of imidazole rings is 1. The van der Waals surface area contributed by atoms with Crippen molar-refractivity contribution >= 4 is 40.3 Å². The highest BCUT2D eigenvalue weighted by Gasteiger charge is 2.25. The Bertz CT molecular complexity index is 1240. The van der Waals surface area contributed by atoms with Crippen molar-refractivity contribution in [3.05, 3.63) is 53.2 Å². The van der Waals surface area contributed by atoms with Gasteiger partial charge in [-0.25, -0.2) is 9.50 Å². The molecule has 5 rings (SSSR count). The number of carbonyl (C=O) groups excluding carboxylic acids is 2. The lowest BCUT2D eigenvalue weighted by molar-refractivity contribution is -0.115. The maximum atomic E-state index is 11.9. The molecule has 2 fully saturated rings. The summed E-state index contributed by atoms with van der Waals surface area (Å²) in [6, 6.07) is 12.1. The molecule has 2 amide bonds. The normalized spacial score (nSPS) is 18.6. The van der Waals surface area contributed by atoms with Gasteiger partial charge in [-0.15, -0.1) is 0 Å². The lowest BCUT2D eigenvalue weighted by Crippen LogP contribution is -2.47. The van der Waals surface area contributed by atoms with Gasteiger partial charge in [-0.05, 0) is 48.0 Å². The third kappa shape index (κ3) is 4.65. The molecule has 0 bridgehead atoms. The van der Waals surface area contributed by atoms with Crippen LogP contribution in [-0.4, -0.2) is 63.4 Å². The van der Waals surface area contributed by atoms with Gasteiger partial charge in [-0.3, -0.25) is 19.8 Å². The van der Waals surface area contributed by atoms with Crippen LogP contribution in [0, 0.1) is 5.92 Å². The van der Waals surface area contributed by atoms with Gasteiger partial charge in [0.2, 0.25) is 0 Å². The smallest absolute Gasteiger partial charge is 0.290 e. The van der Waals surface area contributed by atoms with E-state index in [-0.39, 0.29) is 11.1 Å². The monoisotopic (exact) mass is 462 g/mol. The van der Waals surface area contributed by atoms with Gasteiger partial charge in [0, 0.05) is 44.0 Å². The van der Waals surface area contributed by atoms with Crippen molar-refractivity contribution in [2.24, 2.45) is 5.92 Å². The highest BCUT2D eigenvalue weighted by atomic mass is 32.2. The molecule has 2 aromatic heterocycles. The Morgan fingerprint density at radius 2 is 1.94 bits per heavy atom. The molecule has 0 saturated carbocycles. The minimum atomic E-state index is -0.390. The number of thioether (sulfide) groups is 1. The summed E-state index contributed by atoms with van der Waals surface area (Å²) in [5.74, 6) is 0.295. The van der Waals surface area contributed by atoms with Gasteiger partial charge >= 0.3 is 0 Å². The SMILES string of the molecule is CC(C)CN1CCN(c2cccc(-c3cnc4ccc(/C=C5\SC(=O)NC5=O)nn34)c2)CC1. The molecule has 0 radical (unpaired) electrons. The minimum absolute atomic E-state index is 0.340. The van der Waals surface area contributed by atoms with E-state index in [1.54, 1.807) is 16.7 Å². The van der Waals surface area contributed by atoms with Gasteiger partial charge in [-0.1, -0.05) is 26.0 Å². The number of anilines is 1. The molecule has 0 spiro atoms. The fraction of sp³-hybridized carbons (Fsp3) is 0.333. The molecular formula is C24H26N6O2S. The molecule has 0 atom stereocenters. The first-order chi connectivity index (χ1) is 16.0. The van der Waals surface area contributed by atoms with Crippen molar-refractivity contribution in [1.82, 2.24) is 24.8 Å². The summed E-state index contributed by atoms with van der Waals surface area (Å²) in [4.78, 5) is 33.1. The van der Waals surface area contributed by atoms with Gasteiger partial charge in [0.1, 0.15) is 0 Å². The minimum Gasteiger partial charge on any atom is -0.369 e. The van der Waals surface area contributed by atoms with Crippen LogP contribution in [0.5, 0.6) is 0 Å². The number of nitrogens with zero attached hydrogens (tertiary/aromatic N) is 5. The molecule has 170 valence electrons. The summed E-state index contributed by atoms with van der Waals surface area (Å²) in [7, 11) is 0. The Morgan fingerprint density at radius 3 is 2.67 bits per heavy atom. The van der Waals surface area contributed by atoms with Gasteiger partial charge in [0.15, 0.2) is 5.65 Å². The first kappa shape index (κ1) is 21.7. The number of aromatic nitrogens is 3. The van der Waals surface area contributed by atoms with Crippen LogP contribution < -0.4 is 10.2 Å². The van der Waals surface area contributed by atoms with Crippen LogP contribution in [0.1, 0.15) is 19.5 Å². The van der Waals surface area contributed by atoms with E-state index >= 15 is 0 Å². The largest absolute Gasteiger partial charge is 0.369 e. The zero-order chi connectivity index (χ0) is 22.9. The van der Waals surface area contributed by atoms with E-state index in [0.717, 1.165) is 61.4 Å². The number of benzene rings is 1. The molecular weight excluding hydrogens is 436 g/mol. The highest BCUT2D eigenvalue weighted by Crippen LogP contribution is 2.28. The zero-order valence-corrected chi connectivity index (χ0v) is 19.5. The van der Waals surface area contributed by atoms with E-state index in [1.807, 2.05) is 12.3 Å². The van der Waals surface area contributed by atoms with Gasteiger partial charge in [0.05, 0.1) is 22.5 Å². The molecule has 33 heavy (non-hydrogen) atoms. The second-order valence-corrected chi connectivity index (χ2v) is 9.77. The van der Waals surface area contributed by atoms with Crippen LogP contribution in [0.4, 0.5) is 10.5 Å². The maximum absolute atomic E-state index is 11.9. The molecule has 0 unspecified atom stereocenters. The van der Waals surface area contributed by atoms with Crippen LogP contribution in [-0.2, 0) is 4.79 Å². The standard InChI is InChI=1S/C24H26N6O2S/c1-16(2)15-28-8-10-29(11-9-28)19-5-3-4-17(12-19)20-14-25-22-7-6-18(27-30(20)22)13-21-23(31)26-24(32)33-21/h3-7,12-14,16H,8-11,15H2,1-2H3,(H,26,31,32)/b21-13-. The second-order valence-electron chi connectivity index (χ2n) is 8.76. The third-order valence-corrected chi connectivity index (χ3v) is 6.62. The Morgan fingerprint density at radius 1 is 1.12 bits per heavy atom. The quantitative estimate of drug-likeness (QED) is 0.581. The van der Waals surface area contributed by atoms with Crippen LogP contribution in [0.2, 0.25) is 0 Å². The summed E-state index contributed by atoms with van der Waals surface area (Å²) < 4.78 is 1.78. The van der Waals surface area contributed by atoms with Crippen LogP contribution in [0.15, 0.2) is 47.5 Å². The number of hydrogen-bond acceptors (Lipinski definition) is 7. The number of carbonyl (C=O) groups is 2. The molecule has 1 N–H and O–H groups in total. The van der Waals surface area contributed by atoms with Crippen molar-refractivity contribution in [2.45, 2.75) is 13.8 Å². The van der Waals surface area contributed by atoms with Crippen molar-refractivity contribution in [3.63, 3.8) is 0 Å². The Balaban J connectivity index is 1.40. The van der Waals surface area contributed by atoms with Crippen LogP contribution in [0.3, 0.4) is 0 Å². The lowest BCUT2D eigenvalue weighted by atomic mass is 10.1. The maximum Gasteiger partial charge on any atom is 0.290 e. The van der Waals surface area contributed by atoms with Crippen molar-refractivity contribution in [1.29, 1.82) is 0 Å². The van der Waals surface area contributed by atoms with Gasteiger partial charge < -0.3 is 4.90 Å². The first-order valence-corrected chi connectivity index (χ1v) is 12.0. The van der Waals surface area contributed by atoms with E-state index < -0.39 is 0 Å². The number of amides is 2. The molecule has 2 aliphatic heterocycles. The number of piperazine rings is 1. The molecule has 1 aromatic carbocycles. The van der Waals surface area contributed by atoms with E-state index in [9.17, 15) is 9.59 Å². The Labute approximate surface area is 196 Å². The number of fused-ring (bicyclic) bond motifs is 1. The van der Waals surface area contributed by atoms with Gasteiger partial charge in [-0.2, -0.15) is 5.10 Å². The van der Waals surface area contributed by atoms with E-state index in [4.69, 9.17) is 0 Å². The van der Waals surface area contributed by atoms with E-state index in [2.05, 4.69) is 63.3 Å². The summed E-state index contributed by atoms with van der Waals surface area (Å²) >= 11 is 0.885. The number of rotatable bonds is 5. The summed E-state index contributed by atoms with van der Waals surface area (Å²) in [6.45, 7) is 9.85. The summed E-state index contributed by atoms with van der Waals surface area (Å²) in [5, 5.41) is 6.57. The topological polar surface area (TPSA) is 82.8 Å². The van der Waals surface area contributed by atoms with Crippen molar-refractivity contribution in [3.8, 4) is 11.3 Å². The molecule has 4 heterocycles. The summed E-state index contributed by atoms with van der Waals surface area (Å²) in [5.41, 5.74) is 4.42. The number of imide groups is 1. The highest BCUT2D eigenvalue weighted by molar-refractivity contribution is 8.18. The molecule has 2 saturated heterocycles. The average molecular weight is 463 g/mol. The fourth-order valence-electron chi connectivity index (χ4n) is 4.28. The third-order valence-electron chi connectivity index (χ3n) is 5.81. The van der Waals surface area contributed by atoms with Crippen LogP contribution in [0.25, 0.3) is 23.0 Å². The average Bonchev–Trinajstić information content (AvgIpc) is 3.36. The molecule has 0 aliphatic carbocycles. The van der Waals surface area contributed by atoms with Crippen LogP contribution >= 0.6 is 11.8 Å². The molecule has 8 nitrogen and oxygen atoms in total.